The first-order valence-corrected chi connectivity index (χ1v) is 15.1. The van der Waals surface area contributed by atoms with Crippen LogP contribution in [0.15, 0.2) is 65.9 Å². The van der Waals surface area contributed by atoms with E-state index in [-0.39, 0.29) is 18.4 Å². The van der Waals surface area contributed by atoms with Crippen molar-refractivity contribution in [1.29, 1.82) is 0 Å². The molecule has 2 N–H and O–H groups in total. The van der Waals surface area contributed by atoms with Crippen LogP contribution in [0.4, 0.5) is 0 Å². The van der Waals surface area contributed by atoms with E-state index in [1.54, 1.807) is 10.9 Å². The maximum absolute atomic E-state index is 12.3. The van der Waals surface area contributed by atoms with Gasteiger partial charge in [0.2, 0.25) is 5.91 Å². The Morgan fingerprint density at radius 1 is 0.854 bits per heavy atom. The maximum atomic E-state index is 12.3. The Morgan fingerprint density at radius 2 is 1.54 bits per heavy atom. The molecule has 0 radical (unpaired) electrons. The number of unbranched alkanes of at least 4 members (excludes halogenated alkanes) is 8. The molecular weight excluding hydrogens is 514 g/mol. The molecule has 41 heavy (non-hydrogen) atoms. The van der Waals surface area contributed by atoms with E-state index in [1.165, 1.54) is 38.5 Å². The molecule has 2 amide bonds. The SMILES string of the molecule is CCCCCCCCCCCC(=O)NCC(=O)N/N=C/c1cn(-c2ccccc2)nc1-c1ccc(OCCC)cc1. The summed E-state index contributed by atoms with van der Waals surface area (Å²) in [6, 6.07) is 17.6. The topological polar surface area (TPSA) is 97.6 Å². The highest BCUT2D eigenvalue weighted by molar-refractivity contribution is 5.90. The Kier molecular flexibility index (Phi) is 14.2. The lowest BCUT2D eigenvalue weighted by Crippen LogP contribution is -2.34. The van der Waals surface area contributed by atoms with Crippen LogP contribution in [-0.2, 0) is 9.59 Å². The van der Waals surface area contributed by atoms with E-state index in [1.807, 2.05) is 60.8 Å². The van der Waals surface area contributed by atoms with Gasteiger partial charge in [0.05, 0.1) is 25.1 Å². The molecule has 1 heterocycles. The fraction of sp³-hybridized carbons (Fsp3) is 0.455. The van der Waals surface area contributed by atoms with Crippen LogP contribution in [0.25, 0.3) is 16.9 Å². The molecule has 8 nitrogen and oxygen atoms in total. The number of nitrogens with zero attached hydrogens (tertiary/aromatic N) is 3. The summed E-state index contributed by atoms with van der Waals surface area (Å²) in [5, 5.41) is 11.6. The molecule has 0 aliphatic rings. The number of para-hydroxylation sites is 1. The van der Waals surface area contributed by atoms with E-state index in [0.717, 1.165) is 53.9 Å². The van der Waals surface area contributed by atoms with Crippen molar-refractivity contribution < 1.29 is 14.3 Å². The molecule has 0 fully saturated rings. The van der Waals surface area contributed by atoms with Gasteiger partial charge in [-0.2, -0.15) is 10.2 Å². The van der Waals surface area contributed by atoms with Gasteiger partial charge >= 0.3 is 0 Å². The van der Waals surface area contributed by atoms with Crippen molar-refractivity contribution in [3.8, 4) is 22.7 Å². The normalized spacial score (nSPS) is 11.1. The van der Waals surface area contributed by atoms with Crippen molar-refractivity contribution in [3.63, 3.8) is 0 Å². The Morgan fingerprint density at radius 3 is 2.22 bits per heavy atom. The number of hydrogen-bond donors (Lipinski definition) is 2. The number of benzene rings is 2. The molecule has 2 aromatic carbocycles. The fourth-order valence-corrected chi connectivity index (χ4v) is 4.42. The summed E-state index contributed by atoms with van der Waals surface area (Å²) in [5.41, 5.74) is 5.79. The summed E-state index contributed by atoms with van der Waals surface area (Å²) in [5.74, 6) is 0.321. The first-order chi connectivity index (χ1) is 20.1. The molecule has 1 aromatic heterocycles. The van der Waals surface area contributed by atoms with E-state index in [0.29, 0.717) is 13.0 Å². The van der Waals surface area contributed by atoms with Crippen molar-refractivity contribution in [2.45, 2.75) is 84.5 Å². The predicted molar refractivity (Wildman–Crippen MR) is 165 cm³/mol. The van der Waals surface area contributed by atoms with Gasteiger partial charge in [0.15, 0.2) is 0 Å². The van der Waals surface area contributed by atoms with E-state index in [2.05, 4.69) is 29.7 Å². The number of nitrogens with one attached hydrogen (secondary N) is 2. The maximum Gasteiger partial charge on any atom is 0.259 e. The van der Waals surface area contributed by atoms with Crippen LogP contribution >= 0.6 is 0 Å². The van der Waals surface area contributed by atoms with Gasteiger partial charge in [0.25, 0.3) is 5.91 Å². The summed E-state index contributed by atoms with van der Waals surface area (Å²) in [4.78, 5) is 24.4. The zero-order valence-electron chi connectivity index (χ0n) is 24.6. The summed E-state index contributed by atoms with van der Waals surface area (Å²) in [6.45, 7) is 4.86. The highest BCUT2D eigenvalue weighted by Crippen LogP contribution is 2.25. The summed E-state index contributed by atoms with van der Waals surface area (Å²) in [6.07, 6.45) is 15.6. The third-order valence-corrected chi connectivity index (χ3v) is 6.71. The molecule has 220 valence electrons. The van der Waals surface area contributed by atoms with Gasteiger partial charge in [-0.05, 0) is 49.2 Å². The molecule has 0 saturated heterocycles. The zero-order chi connectivity index (χ0) is 29.1. The van der Waals surface area contributed by atoms with Gasteiger partial charge in [-0.15, -0.1) is 0 Å². The van der Waals surface area contributed by atoms with Gasteiger partial charge < -0.3 is 10.1 Å². The molecule has 0 atom stereocenters. The van der Waals surface area contributed by atoms with Gasteiger partial charge in [0.1, 0.15) is 11.4 Å². The minimum Gasteiger partial charge on any atom is -0.494 e. The molecule has 0 aliphatic heterocycles. The molecule has 0 aliphatic carbocycles. The van der Waals surface area contributed by atoms with Gasteiger partial charge in [-0.3, -0.25) is 9.59 Å². The highest BCUT2D eigenvalue weighted by Gasteiger charge is 2.12. The Bertz CT molecular complexity index is 1210. The van der Waals surface area contributed by atoms with Crippen molar-refractivity contribution in [2.75, 3.05) is 13.2 Å². The number of aromatic nitrogens is 2. The number of amides is 2. The lowest BCUT2D eigenvalue weighted by Gasteiger charge is -2.06. The first kappa shape index (κ1) is 31.6. The van der Waals surface area contributed by atoms with Crippen LogP contribution in [-0.4, -0.2) is 41.0 Å². The van der Waals surface area contributed by atoms with Crippen LogP contribution in [0.2, 0.25) is 0 Å². The van der Waals surface area contributed by atoms with Gasteiger partial charge in [-0.1, -0.05) is 83.4 Å². The van der Waals surface area contributed by atoms with Crippen LogP contribution < -0.4 is 15.5 Å². The number of hydrazone groups is 1. The third-order valence-electron chi connectivity index (χ3n) is 6.71. The van der Waals surface area contributed by atoms with Crippen molar-refractivity contribution >= 4 is 18.0 Å². The summed E-state index contributed by atoms with van der Waals surface area (Å²) < 4.78 is 7.49. The molecule has 0 bridgehead atoms. The Labute approximate surface area is 244 Å². The number of carbonyl (C=O) groups is 2. The second-order valence-corrected chi connectivity index (χ2v) is 10.2. The average Bonchev–Trinajstić information content (AvgIpc) is 3.43. The van der Waals surface area contributed by atoms with Crippen molar-refractivity contribution in [3.05, 3.63) is 66.4 Å². The number of hydrogen-bond acceptors (Lipinski definition) is 5. The molecular formula is C33H45N5O3. The van der Waals surface area contributed by atoms with E-state index in [9.17, 15) is 9.59 Å². The highest BCUT2D eigenvalue weighted by atomic mass is 16.5. The molecule has 0 unspecified atom stereocenters. The Hall–Kier alpha value is -3.94. The minimum absolute atomic E-state index is 0.107. The van der Waals surface area contributed by atoms with Gasteiger partial charge in [-0.25, -0.2) is 10.1 Å². The number of rotatable bonds is 19. The average molecular weight is 560 g/mol. The minimum atomic E-state index is -0.379. The van der Waals surface area contributed by atoms with Crippen LogP contribution in [0.5, 0.6) is 5.75 Å². The quantitative estimate of drug-likeness (QED) is 0.0957. The number of ether oxygens (including phenoxy) is 1. The third kappa shape index (κ3) is 11.6. The predicted octanol–water partition coefficient (Wildman–Crippen LogP) is 6.82. The second-order valence-electron chi connectivity index (χ2n) is 10.2. The Balaban J connectivity index is 1.49. The summed E-state index contributed by atoms with van der Waals surface area (Å²) in [7, 11) is 0. The van der Waals surface area contributed by atoms with Crippen LogP contribution in [0, 0.1) is 0 Å². The van der Waals surface area contributed by atoms with Gasteiger partial charge in [0, 0.05) is 23.7 Å². The number of carbonyl (C=O) groups excluding carboxylic acids is 2. The molecule has 8 heteroatoms. The largest absolute Gasteiger partial charge is 0.494 e. The van der Waals surface area contributed by atoms with Crippen LogP contribution in [0.1, 0.15) is 90.0 Å². The standard InChI is InChI=1S/C33H45N5O3/c1-3-5-6-7-8-9-10-11-15-18-31(39)34-25-32(40)36-35-24-28-26-38(29-16-13-12-14-17-29)37-33(28)27-19-21-30(22-20-27)41-23-4-2/h12-14,16-17,19-22,24,26H,3-11,15,18,23,25H2,1-2H3,(H,34,39)(H,36,40)/b35-24+. The monoisotopic (exact) mass is 559 g/mol. The van der Waals surface area contributed by atoms with E-state index >= 15 is 0 Å². The first-order valence-electron chi connectivity index (χ1n) is 15.1. The lowest BCUT2D eigenvalue weighted by molar-refractivity contribution is -0.126. The molecule has 3 aromatic rings. The van der Waals surface area contributed by atoms with Crippen molar-refractivity contribution in [1.82, 2.24) is 20.5 Å². The molecule has 0 saturated carbocycles. The van der Waals surface area contributed by atoms with Crippen molar-refractivity contribution in [2.24, 2.45) is 5.10 Å². The fourth-order valence-electron chi connectivity index (χ4n) is 4.42. The zero-order valence-corrected chi connectivity index (χ0v) is 24.6. The lowest BCUT2D eigenvalue weighted by atomic mass is 10.1. The summed E-state index contributed by atoms with van der Waals surface area (Å²) >= 11 is 0. The molecule has 0 spiro atoms. The second kappa shape index (κ2) is 18.4. The molecule has 3 rings (SSSR count). The van der Waals surface area contributed by atoms with E-state index in [4.69, 9.17) is 9.84 Å². The van der Waals surface area contributed by atoms with E-state index < -0.39 is 0 Å². The smallest absolute Gasteiger partial charge is 0.259 e. The van der Waals surface area contributed by atoms with Crippen LogP contribution in [0.3, 0.4) is 0 Å².